The second kappa shape index (κ2) is 5.04. The van der Waals surface area contributed by atoms with Crippen LogP contribution >= 0.6 is 12.4 Å². The summed E-state index contributed by atoms with van der Waals surface area (Å²) < 4.78 is 0. The van der Waals surface area contributed by atoms with Crippen molar-refractivity contribution in [1.82, 2.24) is 0 Å². The maximum atomic E-state index is 6.69. The van der Waals surface area contributed by atoms with E-state index < -0.39 is 0 Å². The van der Waals surface area contributed by atoms with Crippen LogP contribution < -0.4 is 11.5 Å². The highest BCUT2D eigenvalue weighted by Gasteiger charge is 1.82. The van der Waals surface area contributed by atoms with Crippen molar-refractivity contribution in [3.8, 4) is 0 Å². The number of hydrogen-bond acceptors (Lipinski definition) is 1. The first-order valence-corrected chi connectivity index (χ1v) is 1.81. The zero-order valence-corrected chi connectivity index (χ0v) is 5.48. The minimum absolute atomic E-state index is 0. The van der Waals surface area contributed by atoms with Gasteiger partial charge in [0.1, 0.15) is 0 Å². The highest BCUT2D eigenvalue weighted by Crippen LogP contribution is 1.71. The minimum Gasteiger partial charge on any atom is -0.370 e. The Hall–Kier alpha value is -1.10. The van der Waals surface area contributed by atoms with Crippen molar-refractivity contribution in [2.45, 2.75) is 0 Å². The molecule has 0 rings (SSSR count). The lowest BCUT2D eigenvalue weighted by molar-refractivity contribution is 1.35. The van der Waals surface area contributed by atoms with Crippen molar-refractivity contribution in [3.63, 3.8) is 0 Å². The number of aliphatic imine (C=N–C) groups is 2. The van der Waals surface area contributed by atoms with Gasteiger partial charge in [-0.25, -0.2) is 4.99 Å². The highest BCUT2D eigenvalue weighted by atomic mass is 35.5. The minimum atomic E-state index is -0.273. The topological polar surface area (TPSA) is 101 Å². The Balaban J connectivity index is 0. The number of nitrogens with two attached hydrogens (primary N) is 2. The third kappa shape index (κ3) is 6.90. The molecule has 9 heavy (non-hydrogen) atoms. The van der Waals surface area contributed by atoms with Gasteiger partial charge in [-0.1, -0.05) is 0 Å². The highest BCUT2D eigenvalue weighted by molar-refractivity contribution is 5.93. The predicted molar refractivity (Wildman–Crippen MR) is 40.3 cm³/mol. The van der Waals surface area contributed by atoms with Gasteiger partial charge in [-0.3, -0.25) is 5.41 Å². The van der Waals surface area contributed by atoms with Gasteiger partial charge in [0.15, 0.2) is 5.96 Å². The summed E-state index contributed by atoms with van der Waals surface area (Å²) in [5, 5.41) is 6.69. The molecule has 0 aliphatic carbocycles. The molecule has 0 atom stereocenters. The Kier molecular flexibility index (Phi) is 6.06. The Morgan fingerprint density at radius 1 is 1.44 bits per heavy atom. The summed E-state index contributed by atoms with van der Waals surface area (Å²) in [6.07, 6.45) is 0. The molecule has 52 valence electrons. The summed E-state index contributed by atoms with van der Waals surface area (Å²) in [5.74, 6) is -0.451. The fraction of sp³-hybridized carbons (Fsp3) is 0. The summed E-state index contributed by atoms with van der Waals surface area (Å²) in [7, 11) is 0. The fourth-order valence-corrected chi connectivity index (χ4v) is 0.158. The molecule has 0 heterocycles. The lowest BCUT2D eigenvalue weighted by Gasteiger charge is -1.85. The molecule has 0 spiro atoms. The number of nitrogens with zero attached hydrogens (tertiary/aromatic N) is 2. The molecule has 5 nitrogen and oxygen atoms in total. The third-order valence-electron chi connectivity index (χ3n) is 0.385. The molecular formula is C3H8ClN5. The summed E-state index contributed by atoms with van der Waals surface area (Å²) in [6.45, 7) is 3.02. The van der Waals surface area contributed by atoms with Crippen LogP contribution in [-0.2, 0) is 0 Å². The van der Waals surface area contributed by atoms with Crippen LogP contribution in [0.3, 0.4) is 0 Å². The lowest BCUT2D eigenvalue weighted by Crippen LogP contribution is -2.23. The first-order valence-electron chi connectivity index (χ1n) is 1.81. The van der Waals surface area contributed by atoms with Crippen LogP contribution in [0.15, 0.2) is 9.98 Å². The molecule has 0 bridgehead atoms. The van der Waals surface area contributed by atoms with Crippen LogP contribution in [0.2, 0.25) is 0 Å². The Labute approximate surface area is 58.8 Å². The van der Waals surface area contributed by atoms with Crippen molar-refractivity contribution in [3.05, 3.63) is 0 Å². The Morgan fingerprint density at radius 2 is 1.89 bits per heavy atom. The maximum Gasteiger partial charge on any atom is 0.244 e. The van der Waals surface area contributed by atoms with Gasteiger partial charge >= 0.3 is 0 Å². The van der Waals surface area contributed by atoms with Gasteiger partial charge in [-0.2, -0.15) is 4.99 Å². The van der Waals surface area contributed by atoms with Crippen LogP contribution in [0.4, 0.5) is 0 Å². The second-order valence-electron chi connectivity index (χ2n) is 1.02. The van der Waals surface area contributed by atoms with E-state index in [4.69, 9.17) is 16.9 Å². The van der Waals surface area contributed by atoms with Crippen LogP contribution in [0.1, 0.15) is 0 Å². The molecule has 0 fully saturated rings. The molecule has 0 aromatic carbocycles. The van der Waals surface area contributed by atoms with E-state index in [1.807, 2.05) is 0 Å². The molecule has 0 aromatic rings. The first-order chi connectivity index (χ1) is 3.66. The molecule has 0 saturated carbocycles. The van der Waals surface area contributed by atoms with Crippen LogP contribution in [0.25, 0.3) is 0 Å². The van der Waals surface area contributed by atoms with E-state index in [0.29, 0.717) is 0 Å². The van der Waals surface area contributed by atoms with Gasteiger partial charge in [-0.15, -0.1) is 12.4 Å². The number of rotatable bonds is 0. The van der Waals surface area contributed by atoms with Crippen molar-refractivity contribution in [2.75, 3.05) is 0 Å². The van der Waals surface area contributed by atoms with E-state index >= 15 is 0 Å². The predicted octanol–water partition coefficient (Wildman–Crippen LogP) is -0.683. The zero-order valence-electron chi connectivity index (χ0n) is 4.66. The Morgan fingerprint density at radius 3 is 2.00 bits per heavy atom. The van der Waals surface area contributed by atoms with E-state index in [1.165, 1.54) is 0 Å². The van der Waals surface area contributed by atoms with Crippen LogP contribution in [-0.4, -0.2) is 18.6 Å². The van der Waals surface area contributed by atoms with E-state index in [0.717, 1.165) is 0 Å². The largest absolute Gasteiger partial charge is 0.370 e. The maximum absolute atomic E-state index is 6.69. The molecule has 0 amide bonds. The van der Waals surface area contributed by atoms with Crippen molar-refractivity contribution < 1.29 is 0 Å². The van der Waals surface area contributed by atoms with Gasteiger partial charge in [0.2, 0.25) is 5.96 Å². The molecule has 5 N–H and O–H groups in total. The molecule has 0 aliphatic rings. The summed E-state index contributed by atoms with van der Waals surface area (Å²) in [4.78, 5) is 6.34. The quantitative estimate of drug-likeness (QED) is 0.314. The Bertz CT molecular complexity index is 135. The number of guanidine groups is 2. The molecule has 0 aromatic heterocycles. The van der Waals surface area contributed by atoms with Gasteiger partial charge in [0, 0.05) is 0 Å². The number of halogens is 1. The van der Waals surface area contributed by atoms with Gasteiger partial charge in [-0.05, 0) is 6.72 Å². The normalized spacial score (nSPS) is 6.67. The van der Waals surface area contributed by atoms with Gasteiger partial charge in [0.25, 0.3) is 0 Å². The smallest absolute Gasteiger partial charge is 0.244 e. The van der Waals surface area contributed by atoms with Crippen molar-refractivity contribution in [1.29, 1.82) is 5.41 Å². The SMILES string of the molecule is C=NC(=N)N=C(N)N.Cl. The summed E-state index contributed by atoms with van der Waals surface area (Å²) in [5.41, 5.74) is 9.74. The summed E-state index contributed by atoms with van der Waals surface area (Å²) in [6, 6.07) is 0. The van der Waals surface area contributed by atoms with Crippen LogP contribution in [0.5, 0.6) is 0 Å². The van der Waals surface area contributed by atoms with Gasteiger partial charge in [0.05, 0.1) is 0 Å². The van der Waals surface area contributed by atoms with E-state index in [-0.39, 0.29) is 24.3 Å². The van der Waals surface area contributed by atoms with E-state index in [2.05, 4.69) is 16.7 Å². The molecular weight excluding hydrogens is 142 g/mol. The lowest BCUT2D eigenvalue weighted by atomic mass is 10.9. The van der Waals surface area contributed by atoms with Gasteiger partial charge < -0.3 is 11.5 Å². The second-order valence-corrected chi connectivity index (χ2v) is 1.02. The molecule has 0 aliphatic heterocycles. The van der Waals surface area contributed by atoms with Crippen molar-refractivity contribution >= 4 is 31.0 Å². The molecule has 6 heteroatoms. The standard InChI is InChI=1S/C3H7N5.ClH/c1-7-3(6)8-2(4)5;/h1H2,(H5,4,5,6,8);1H. The molecule has 0 radical (unpaired) electrons. The number of hydrogen-bond donors (Lipinski definition) is 3. The average Bonchev–Trinajstić information content (AvgIpc) is 1.65. The number of nitrogens with one attached hydrogen (secondary N) is 1. The summed E-state index contributed by atoms with van der Waals surface area (Å²) >= 11 is 0. The zero-order chi connectivity index (χ0) is 6.57. The van der Waals surface area contributed by atoms with E-state index in [1.54, 1.807) is 0 Å². The average molecular weight is 150 g/mol. The molecule has 0 unspecified atom stereocenters. The fourth-order valence-electron chi connectivity index (χ4n) is 0.158. The van der Waals surface area contributed by atoms with Crippen LogP contribution in [0, 0.1) is 5.41 Å². The molecule has 0 saturated heterocycles. The third-order valence-corrected chi connectivity index (χ3v) is 0.385. The first kappa shape index (κ1) is 10.8. The van der Waals surface area contributed by atoms with E-state index in [9.17, 15) is 0 Å². The van der Waals surface area contributed by atoms with Crippen molar-refractivity contribution in [2.24, 2.45) is 21.5 Å². The monoisotopic (exact) mass is 149 g/mol.